The maximum absolute atomic E-state index is 5.39. The fourth-order valence-electron chi connectivity index (χ4n) is 2.24. The predicted molar refractivity (Wildman–Crippen MR) is 71.4 cm³/mol. The highest BCUT2D eigenvalue weighted by Crippen LogP contribution is 2.25. The van der Waals surface area contributed by atoms with Gasteiger partial charge < -0.3 is 9.47 Å². The van der Waals surface area contributed by atoms with Crippen LogP contribution in [0.3, 0.4) is 0 Å². The van der Waals surface area contributed by atoms with Crippen molar-refractivity contribution in [3.05, 3.63) is 28.2 Å². The Morgan fingerprint density at radius 2 is 2.24 bits per heavy atom. The molecule has 1 aliphatic rings. The van der Waals surface area contributed by atoms with Crippen molar-refractivity contribution in [2.75, 3.05) is 27.3 Å². The highest BCUT2D eigenvalue weighted by atomic mass is 79.9. The Hall–Kier alpha value is -0.580. The summed E-state index contributed by atoms with van der Waals surface area (Å²) >= 11 is 3.50. The van der Waals surface area contributed by atoms with Gasteiger partial charge in [-0.1, -0.05) is 15.9 Å². The van der Waals surface area contributed by atoms with Gasteiger partial charge in [0.1, 0.15) is 5.75 Å². The molecule has 1 fully saturated rings. The van der Waals surface area contributed by atoms with Crippen LogP contribution in [0.1, 0.15) is 12.0 Å². The summed E-state index contributed by atoms with van der Waals surface area (Å²) in [5.74, 6) is 0.953. The van der Waals surface area contributed by atoms with Gasteiger partial charge in [-0.05, 0) is 24.6 Å². The number of likely N-dealkylation sites (tertiary alicyclic amines) is 1. The van der Waals surface area contributed by atoms with Crippen LogP contribution in [-0.2, 0) is 11.3 Å². The topological polar surface area (TPSA) is 21.7 Å². The molecule has 1 aromatic rings. The minimum Gasteiger partial charge on any atom is -0.496 e. The molecule has 4 heteroatoms. The number of ether oxygens (including phenoxy) is 2. The van der Waals surface area contributed by atoms with E-state index in [4.69, 9.17) is 9.47 Å². The number of hydrogen-bond acceptors (Lipinski definition) is 3. The molecular formula is C13H18BrNO2. The highest BCUT2D eigenvalue weighted by molar-refractivity contribution is 9.10. The molecule has 94 valence electrons. The monoisotopic (exact) mass is 299 g/mol. The molecule has 17 heavy (non-hydrogen) atoms. The second-order valence-corrected chi connectivity index (χ2v) is 5.25. The SMILES string of the molecule is COc1ccc(Br)cc1CN1CCC(OC)C1. The molecule has 0 radical (unpaired) electrons. The molecule has 1 atom stereocenters. The Kier molecular flexibility index (Phi) is 4.42. The number of rotatable bonds is 4. The third-order valence-corrected chi connectivity index (χ3v) is 3.69. The summed E-state index contributed by atoms with van der Waals surface area (Å²) in [5, 5.41) is 0. The van der Waals surface area contributed by atoms with Crippen LogP contribution in [0.2, 0.25) is 0 Å². The third-order valence-electron chi connectivity index (χ3n) is 3.20. The Morgan fingerprint density at radius 3 is 2.88 bits per heavy atom. The molecule has 0 aromatic heterocycles. The van der Waals surface area contributed by atoms with Gasteiger partial charge in [0.05, 0.1) is 13.2 Å². The van der Waals surface area contributed by atoms with Crippen LogP contribution in [0.25, 0.3) is 0 Å². The lowest BCUT2D eigenvalue weighted by molar-refractivity contribution is 0.107. The Bertz CT molecular complexity index is 384. The average molecular weight is 300 g/mol. The Morgan fingerprint density at radius 1 is 1.41 bits per heavy atom. The fraction of sp³-hybridized carbons (Fsp3) is 0.538. The smallest absolute Gasteiger partial charge is 0.123 e. The quantitative estimate of drug-likeness (QED) is 0.853. The Labute approximate surface area is 111 Å². The average Bonchev–Trinajstić information content (AvgIpc) is 2.77. The van der Waals surface area contributed by atoms with Gasteiger partial charge in [0.2, 0.25) is 0 Å². The van der Waals surface area contributed by atoms with Crippen LogP contribution in [-0.4, -0.2) is 38.3 Å². The van der Waals surface area contributed by atoms with Gasteiger partial charge in [0.15, 0.2) is 0 Å². The summed E-state index contributed by atoms with van der Waals surface area (Å²) in [7, 11) is 3.50. The number of nitrogens with zero attached hydrogens (tertiary/aromatic N) is 1. The molecule has 3 nitrogen and oxygen atoms in total. The summed E-state index contributed by atoms with van der Waals surface area (Å²) < 4.78 is 11.9. The van der Waals surface area contributed by atoms with E-state index in [9.17, 15) is 0 Å². The van der Waals surface area contributed by atoms with Gasteiger partial charge in [-0.25, -0.2) is 0 Å². The van der Waals surface area contributed by atoms with Crippen molar-refractivity contribution in [3.8, 4) is 5.75 Å². The molecule has 0 saturated carbocycles. The van der Waals surface area contributed by atoms with Crippen LogP contribution in [0.4, 0.5) is 0 Å². The maximum atomic E-state index is 5.39. The largest absolute Gasteiger partial charge is 0.496 e. The highest BCUT2D eigenvalue weighted by Gasteiger charge is 2.22. The first kappa shape index (κ1) is 12.9. The summed E-state index contributed by atoms with van der Waals surface area (Å²) in [5.41, 5.74) is 1.22. The van der Waals surface area contributed by atoms with E-state index in [0.29, 0.717) is 6.10 Å². The molecule has 1 saturated heterocycles. The fourth-order valence-corrected chi connectivity index (χ4v) is 2.65. The zero-order valence-electron chi connectivity index (χ0n) is 10.3. The van der Waals surface area contributed by atoms with Crippen LogP contribution in [0.5, 0.6) is 5.75 Å². The van der Waals surface area contributed by atoms with Crippen LogP contribution in [0.15, 0.2) is 22.7 Å². The van der Waals surface area contributed by atoms with Crippen molar-refractivity contribution in [2.24, 2.45) is 0 Å². The van der Waals surface area contributed by atoms with Gasteiger partial charge >= 0.3 is 0 Å². The molecule has 0 aliphatic carbocycles. The molecular weight excluding hydrogens is 282 g/mol. The first-order valence-corrected chi connectivity index (χ1v) is 6.60. The van der Waals surface area contributed by atoms with Crippen LogP contribution < -0.4 is 4.74 Å². The van der Waals surface area contributed by atoms with Crippen LogP contribution >= 0.6 is 15.9 Å². The summed E-state index contributed by atoms with van der Waals surface area (Å²) in [6, 6.07) is 6.13. The summed E-state index contributed by atoms with van der Waals surface area (Å²) in [6.45, 7) is 3.02. The van der Waals surface area contributed by atoms with Crippen LogP contribution in [0, 0.1) is 0 Å². The van der Waals surface area contributed by atoms with E-state index in [-0.39, 0.29) is 0 Å². The molecule has 0 bridgehead atoms. The zero-order chi connectivity index (χ0) is 12.3. The van der Waals surface area contributed by atoms with Crippen molar-refractivity contribution in [1.82, 2.24) is 4.90 Å². The normalized spacial score (nSPS) is 20.8. The Balaban J connectivity index is 2.05. The van der Waals surface area contributed by atoms with E-state index in [1.54, 1.807) is 14.2 Å². The lowest BCUT2D eigenvalue weighted by Gasteiger charge is -2.17. The van der Waals surface area contributed by atoms with Crippen molar-refractivity contribution in [3.63, 3.8) is 0 Å². The number of hydrogen-bond donors (Lipinski definition) is 0. The van der Waals surface area contributed by atoms with Gasteiger partial charge in [-0.2, -0.15) is 0 Å². The predicted octanol–water partition coefficient (Wildman–Crippen LogP) is 2.68. The van der Waals surface area contributed by atoms with Crippen molar-refractivity contribution < 1.29 is 9.47 Å². The van der Waals surface area contributed by atoms with Crippen molar-refractivity contribution in [1.29, 1.82) is 0 Å². The first-order chi connectivity index (χ1) is 8.22. The molecule has 1 aromatic carbocycles. The second kappa shape index (κ2) is 5.85. The van der Waals surface area contributed by atoms with E-state index in [1.807, 2.05) is 12.1 Å². The maximum Gasteiger partial charge on any atom is 0.123 e. The lowest BCUT2D eigenvalue weighted by atomic mass is 10.2. The number of halogens is 1. The van der Waals surface area contributed by atoms with E-state index in [1.165, 1.54) is 5.56 Å². The minimum atomic E-state index is 0.383. The number of methoxy groups -OCH3 is 2. The van der Waals surface area contributed by atoms with E-state index < -0.39 is 0 Å². The van der Waals surface area contributed by atoms with E-state index >= 15 is 0 Å². The van der Waals surface area contributed by atoms with Gasteiger partial charge in [0, 0.05) is 36.8 Å². The van der Waals surface area contributed by atoms with Crippen molar-refractivity contribution >= 4 is 15.9 Å². The van der Waals surface area contributed by atoms with Crippen molar-refractivity contribution in [2.45, 2.75) is 19.1 Å². The van der Waals surface area contributed by atoms with Gasteiger partial charge in [-0.3, -0.25) is 4.90 Å². The van der Waals surface area contributed by atoms with Gasteiger partial charge in [0.25, 0.3) is 0 Å². The molecule has 0 spiro atoms. The summed E-state index contributed by atoms with van der Waals surface area (Å²) in [4.78, 5) is 2.40. The van der Waals surface area contributed by atoms with Gasteiger partial charge in [-0.15, -0.1) is 0 Å². The second-order valence-electron chi connectivity index (χ2n) is 4.34. The molecule has 0 N–H and O–H groups in total. The number of benzene rings is 1. The molecule has 1 aliphatic heterocycles. The summed E-state index contributed by atoms with van der Waals surface area (Å²) in [6.07, 6.45) is 1.50. The third kappa shape index (κ3) is 3.21. The first-order valence-electron chi connectivity index (χ1n) is 5.80. The zero-order valence-corrected chi connectivity index (χ0v) is 11.9. The molecule has 2 rings (SSSR count). The van der Waals surface area contributed by atoms with E-state index in [2.05, 4.69) is 26.9 Å². The molecule has 1 unspecified atom stereocenters. The lowest BCUT2D eigenvalue weighted by Crippen LogP contribution is -2.22. The minimum absolute atomic E-state index is 0.383. The molecule has 0 amide bonds. The van der Waals surface area contributed by atoms with E-state index in [0.717, 1.165) is 36.3 Å². The standard InChI is InChI=1S/C13H18BrNO2/c1-16-12-5-6-15(9-12)8-10-7-11(14)3-4-13(10)17-2/h3-4,7,12H,5-6,8-9H2,1-2H3. The molecule has 1 heterocycles.